The zero-order valence-electron chi connectivity index (χ0n) is 7.07. The predicted molar refractivity (Wildman–Crippen MR) is 50.5 cm³/mol. The highest BCUT2D eigenvalue weighted by Gasteiger charge is 1.96. The summed E-state index contributed by atoms with van der Waals surface area (Å²) in [7, 11) is 0.414. The van der Waals surface area contributed by atoms with E-state index in [1.54, 1.807) is 24.9 Å². The lowest BCUT2D eigenvalue weighted by molar-refractivity contribution is 0.593. The molecule has 0 aromatic heterocycles. The monoisotopic (exact) mass is 156 g/mol. The van der Waals surface area contributed by atoms with E-state index in [1.165, 1.54) is 32.1 Å². The van der Waals surface area contributed by atoms with Crippen LogP contribution in [0.2, 0.25) is 12.1 Å². The predicted octanol–water partition coefficient (Wildman–Crippen LogP) is 2.74. The van der Waals surface area contributed by atoms with Gasteiger partial charge in [0.1, 0.15) is 0 Å². The van der Waals surface area contributed by atoms with Gasteiger partial charge in [-0.2, -0.15) is 0 Å². The van der Waals surface area contributed by atoms with Gasteiger partial charge >= 0.3 is 0 Å². The summed E-state index contributed by atoms with van der Waals surface area (Å²) in [5.41, 5.74) is 0. The Hall–Kier alpha value is 0.217. The summed E-state index contributed by atoms with van der Waals surface area (Å²) >= 11 is 0. The van der Waals surface area contributed by atoms with Gasteiger partial charge in [-0.25, -0.2) is 0 Å². The molecule has 0 radical (unpaired) electrons. The molecule has 0 unspecified atom stereocenters. The molecule has 60 valence electrons. The molecule has 1 fully saturated rings. The molecular formula is C9H20Si. The minimum absolute atomic E-state index is 0.414. The molecule has 1 heterocycles. The van der Waals surface area contributed by atoms with E-state index >= 15 is 0 Å². The minimum Gasteiger partial charge on any atom is -0.0628 e. The fourth-order valence-electron chi connectivity index (χ4n) is 1.77. The first-order valence-electron chi connectivity index (χ1n) is 5.00. The van der Waals surface area contributed by atoms with Crippen LogP contribution >= 0.6 is 0 Å². The maximum Gasteiger partial charge on any atom is 0.0197 e. The third kappa shape index (κ3) is 4.10. The van der Waals surface area contributed by atoms with Crippen LogP contribution in [-0.4, -0.2) is 9.52 Å². The maximum atomic E-state index is 1.64. The second kappa shape index (κ2) is 5.96. The summed E-state index contributed by atoms with van der Waals surface area (Å²) in [6, 6.07) is 3.28. The zero-order chi connectivity index (χ0) is 7.07. The molecule has 0 bridgehead atoms. The number of hydrogen-bond donors (Lipinski definition) is 0. The van der Waals surface area contributed by atoms with E-state index in [1.807, 2.05) is 0 Å². The molecule has 0 amide bonds. The zero-order valence-corrected chi connectivity index (χ0v) is 8.49. The van der Waals surface area contributed by atoms with E-state index in [-0.39, 0.29) is 0 Å². The Kier molecular flexibility index (Phi) is 4.96. The molecule has 1 aliphatic rings. The minimum atomic E-state index is 0.414. The van der Waals surface area contributed by atoms with Crippen molar-refractivity contribution in [3.05, 3.63) is 0 Å². The van der Waals surface area contributed by atoms with Crippen LogP contribution in [0.15, 0.2) is 0 Å². The molecule has 0 saturated carbocycles. The van der Waals surface area contributed by atoms with Crippen LogP contribution in [0.4, 0.5) is 0 Å². The van der Waals surface area contributed by atoms with Gasteiger partial charge in [-0.15, -0.1) is 0 Å². The molecule has 0 aliphatic carbocycles. The Balaban J connectivity index is 2.00. The van der Waals surface area contributed by atoms with E-state index in [0.29, 0.717) is 9.52 Å². The van der Waals surface area contributed by atoms with Crippen LogP contribution in [-0.2, 0) is 0 Å². The highest BCUT2D eigenvalue weighted by atomic mass is 28.2. The van der Waals surface area contributed by atoms with Crippen molar-refractivity contribution in [3.8, 4) is 0 Å². The summed E-state index contributed by atoms with van der Waals surface area (Å²) in [5.74, 6) is 0. The molecule has 0 nitrogen and oxygen atoms in total. The molecule has 0 atom stereocenters. The normalized spacial score (nSPS) is 24.0. The Bertz CT molecular complexity index is 37.9. The molecule has 1 rings (SSSR count). The molecule has 0 aromatic rings. The first-order chi connectivity index (χ1) is 5.00. The fourth-order valence-corrected chi connectivity index (χ4v) is 3.54. The highest BCUT2D eigenvalue weighted by Crippen LogP contribution is 2.13. The molecular weight excluding hydrogens is 136 g/mol. The summed E-state index contributed by atoms with van der Waals surface area (Å²) in [6.45, 7) is 0. The van der Waals surface area contributed by atoms with Gasteiger partial charge in [0.2, 0.25) is 0 Å². The van der Waals surface area contributed by atoms with Gasteiger partial charge in [0.15, 0.2) is 0 Å². The summed E-state index contributed by atoms with van der Waals surface area (Å²) in [4.78, 5) is 0. The van der Waals surface area contributed by atoms with Crippen LogP contribution in [0.25, 0.3) is 0 Å². The SMILES string of the molecule is C1CCCC[SiH2]CCCC1. The Morgan fingerprint density at radius 3 is 1.40 bits per heavy atom. The van der Waals surface area contributed by atoms with Crippen molar-refractivity contribution in [3.63, 3.8) is 0 Å². The van der Waals surface area contributed by atoms with Gasteiger partial charge in [-0.3, -0.25) is 0 Å². The fraction of sp³-hybridized carbons (Fsp3) is 1.00. The molecule has 0 N–H and O–H groups in total. The van der Waals surface area contributed by atoms with Gasteiger partial charge in [0, 0.05) is 9.52 Å². The van der Waals surface area contributed by atoms with Gasteiger partial charge in [0.25, 0.3) is 0 Å². The molecule has 0 spiro atoms. The molecule has 1 aliphatic heterocycles. The van der Waals surface area contributed by atoms with Crippen LogP contribution in [0.1, 0.15) is 44.9 Å². The average Bonchev–Trinajstić information content (AvgIpc) is 2.01. The largest absolute Gasteiger partial charge is 0.0628 e. The summed E-state index contributed by atoms with van der Waals surface area (Å²) in [5, 5.41) is 0. The van der Waals surface area contributed by atoms with Gasteiger partial charge < -0.3 is 0 Å². The average molecular weight is 156 g/mol. The molecule has 1 saturated heterocycles. The van der Waals surface area contributed by atoms with E-state index in [2.05, 4.69) is 0 Å². The lowest BCUT2D eigenvalue weighted by Gasteiger charge is -2.05. The van der Waals surface area contributed by atoms with E-state index in [4.69, 9.17) is 0 Å². The maximum absolute atomic E-state index is 1.64. The third-order valence-corrected chi connectivity index (χ3v) is 4.50. The second-order valence-electron chi connectivity index (χ2n) is 3.54. The van der Waals surface area contributed by atoms with E-state index in [0.717, 1.165) is 0 Å². The van der Waals surface area contributed by atoms with Crippen LogP contribution in [0.3, 0.4) is 0 Å². The van der Waals surface area contributed by atoms with Crippen LogP contribution in [0, 0.1) is 0 Å². The smallest absolute Gasteiger partial charge is 0.0197 e. The molecule has 0 aromatic carbocycles. The highest BCUT2D eigenvalue weighted by molar-refractivity contribution is 6.35. The Labute approximate surface area is 67.2 Å². The van der Waals surface area contributed by atoms with Gasteiger partial charge in [0.05, 0.1) is 0 Å². The molecule has 10 heavy (non-hydrogen) atoms. The van der Waals surface area contributed by atoms with Crippen molar-refractivity contribution < 1.29 is 0 Å². The standard InChI is InChI=1S/C9H20Si/c1-2-4-6-8-10-9-7-5-3-1/h1-10H2. The molecule has 1 heteroatoms. The van der Waals surface area contributed by atoms with Gasteiger partial charge in [-0.05, 0) is 0 Å². The van der Waals surface area contributed by atoms with Crippen molar-refractivity contribution in [1.29, 1.82) is 0 Å². The Morgan fingerprint density at radius 2 is 0.900 bits per heavy atom. The second-order valence-corrected chi connectivity index (χ2v) is 5.66. The van der Waals surface area contributed by atoms with Crippen molar-refractivity contribution in [2.75, 3.05) is 0 Å². The lowest BCUT2D eigenvalue weighted by Crippen LogP contribution is -1.92. The summed E-state index contributed by atoms with van der Waals surface area (Å²) in [6.07, 6.45) is 10.8. The third-order valence-electron chi connectivity index (χ3n) is 2.50. The first-order valence-corrected chi connectivity index (χ1v) is 7.00. The number of rotatable bonds is 0. The Morgan fingerprint density at radius 1 is 0.500 bits per heavy atom. The quantitative estimate of drug-likeness (QED) is 0.473. The van der Waals surface area contributed by atoms with Crippen molar-refractivity contribution in [2.45, 2.75) is 57.0 Å². The topological polar surface area (TPSA) is 0 Å². The van der Waals surface area contributed by atoms with Crippen LogP contribution < -0.4 is 0 Å². The lowest BCUT2D eigenvalue weighted by atomic mass is 10.1. The first kappa shape index (κ1) is 8.31. The number of hydrogen-bond acceptors (Lipinski definition) is 0. The van der Waals surface area contributed by atoms with Crippen molar-refractivity contribution >= 4 is 9.52 Å². The van der Waals surface area contributed by atoms with Gasteiger partial charge in [-0.1, -0.05) is 57.0 Å². The van der Waals surface area contributed by atoms with E-state index in [9.17, 15) is 0 Å². The van der Waals surface area contributed by atoms with Crippen molar-refractivity contribution in [1.82, 2.24) is 0 Å². The van der Waals surface area contributed by atoms with Crippen molar-refractivity contribution in [2.24, 2.45) is 0 Å². The van der Waals surface area contributed by atoms with Crippen LogP contribution in [0.5, 0.6) is 0 Å². The van der Waals surface area contributed by atoms with E-state index < -0.39 is 0 Å². The summed E-state index contributed by atoms with van der Waals surface area (Å²) < 4.78 is 0.